The van der Waals surface area contributed by atoms with Gasteiger partial charge in [-0.3, -0.25) is 13.8 Å². The zero-order valence-corrected chi connectivity index (χ0v) is 17.7. The molecule has 3 N–H and O–H groups in total. The molecule has 162 valence electrons. The maximum atomic E-state index is 13.0. The number of benzene rings is 2. The highest BCUT2D eigenvalue weighted by atomic mass is 32.2. The minimum atomic E-state index is -3.99. The molecule has 0 aliphatic carbocycles. The summed E-state index contributed by atoms with van der Waals surface area (Å²) in [7, 11) is -1.21. The van der Waals surface area contributed by atoms with E-state index in [1.807, 2.05) is 6.92 Å². The van der Waals surface area contributed by atoms with Crippen molar-refractivity contribution < 1.29 is 28.2 Å². The van der Waals surface area contributed by atoms with Crippen LogP contribution >= 0.6 is 0 Å². The third-order valence-corrected chi connectivity index (χ3v) is 6.38. The number of nitrogens with one attached hydrogen (secondary N) is 1. The first-order chi connectivity index (χ1) is 14.5. The number of amides is 1. The number of hydrogen-bond acceptors (Lipinski definition) is 6. The summed E-state index contributed by atoms with van der Waals surface area (Å²) < 4.78 is 28.3. The first-order valence-corrected chi connectivity index (χ1v) is 10.4. The lowest BCUT2D eigenvalue weighted by molar-refractivity contribution is 0.0696. The Labute approximate surface area is 178 Å². The number of hydrogen-bond donors (Lipinski definition) is 3. The van der Waals surface area contributed by atoms with Gasteiger partial charge in [0, 0.05) is 14.1 Å². The zero-order chi connectivity index (χ0) is 22.9. The fraction of sp³-hybridized carbons (Fsp3) is 0.150. The summed E-state index contributed by atoms with van der Waals surface area (Å²) in [6.07, 6.45) is 1.18. The number of aromatic carboxylic acids is 1. The van der Waals surface area contributed by atoms with Crippen molar-refractivity contribution in [3.05, 3.63) is 65.4 Å². The summed E-state index contributed by atoms with van der Waals surface area (Å²) >= 11 is 0. The Balaban J connectivity index is 1.97. The predicted octanol–water partition coefficient (Wildman–Crippen LogP) is 2.21. The van der Waals surface area contributed by atoms with E-state index in [1.54, 1.807) is 12.1 Å². The van der Waals surface area contributed by atoms with Crippen LogP contribution in [0.1, 0.15) is 26.3 Å². The lowest BCUT2D eigenvalue weighted by Gasteiger charge is -2.21. The van der Waals surface area contributed by atoms with Crippen LogP contribution in [-0.4, -0.2) is 47.3 Å². The van der Waals surface area contributed by atoms with Gasteiger partial charge in [-0.2, -0.15) is 5.10 Å². The molecule has 0 fully saturated rings. The van der Waals surface area contributed by atoms with Crippen LogP contribution in [0.3, 0.4) is 0 Å². The fourth-order valence-corrected chi connectivity index (χ4v) is 4.15. The molecule has 0 aliphatic rings. The molecule has 3 rings (SSSR count). The van der Waals surface area contributed by atoms with Gasteiger partial charge in [0.15, 0.2) is 5.82 Å². The van der Waals surface area contributed by atoms with Crippen LogP contribution in [0.4, 0.5) is 11.5 Å². The summed E-state index contributed by atoms with van der Waals surface area (Å²) in [6, 6.07) is 9.67. The third kappa shape index (κ3) is 4.21. The molecule has 11 heteroatoms. The number of phenolic OH excluding ortho intramolecular Hbond substituents is 1. The standard InChI is InChI=1S/C20H20N4O6S/c1-12-4-7-14(8-5-12)31(29,30)24(3)19-15(11-21-23(19)2)18(26)22-16-10-13(20(27)28)6-9-17(16)25/h4-11,25H,1-3H3,(H,22,26)(H,27,28). The molecule has 0 unspecified atom stereocenters. The Morgan fingerprint density at radius 1 is 1.13 bits per heavy atom. The summed E-state index contributed by atoms with van der Waals surface area (Å²) in [5, 5.41) is 25.5. The number of aryl methyl sites for hydroxylation is 2. The SMILES string of the molecule is Cc1ccc(S(=O)(=O)N(C)c2c(C(=O)Nc3cc(C(=O)O)ccc3O)cnn2C)cc1. The van der Waals surface area contributed by atoms with Gasteiger partial charge in [-0.15, -0.1) is 0 Å². The number of phenols is 1. The maximum absolute atomic E-state index is 13.0. The number of sulfonamides is 1. The van der Waals surface area contributed by atoms with E-state index in [4.69, 9.17) is 5.11 Å². The molecular weight excluding hydrogens is 424 g/mol. The number of carboxylic acid groups (broad SMARTS) is 1. The fourth-order valence-electron chi connectivity index (χ4n) is 2.91. The van der Waals surface area contributed by atoms with Gasteiger partial charge in [0.2, 0.25) is 0 Å². The second-order valence-corrected chi connectivity index (χ2v) is 8.75. The Morgan fingerprint density at radius 2 is 1.77 bits per heavy atom. The molecule has 31 heavy (non-hydrogen) atoms. The van der Waals surface area contributed by atoms with Crippen LogP contribution in [0.5, 0.6) is 5.75 Å². The van der Waals surface area contributed by atoms with Crippen molar-refractivity contribution in [2.45, 2.75) is 11.8 Å². The van der Waals surface area contributed by atoms with Crippen molar-refractivity contribution in [1.29, 1.82) is 0 Å². The number of nitrogens with zero attached hydrogens (tertiary/aromatic N) is 3. The molecule has 0 saturated carbocycles. The first-order valence-electron chi connectivity index (χ1n) is 8.97. The van der Waals surface area contributed by atoms with Crippen LogP contribution in [0, 0.1) is 6.92 Å². The highest BCUT2D eigenvalue weighted by Gasteiger charge is 2.29. The van der Waals surface area contributed by atoms with Gasteiger partial charge >= 0.3 is 5.97 Å². The van der Waals surface area contributed by atoms with E-state index in [-0.39, 0.29) is 33.3 Å². The smallest absolute Gasteiger partial charge is 0.335 e. The molecule has 1 heterocycles. The molecule has 0 atom stereocenters. The number of anilines is 2. The molecule has 1 amide bonds. The van der Waals surface area contributed by atoms with E-state index in [1.165, 1.54) is 43.2 Å². The highest BCUT2D eigenvalue weighted by Crippen LogP contribution is 2.29. The van der Waals surface area contributed by atoms with E-state index in [0.717, 1.165) is 22.0 Å². The van der Waals surface area contributed by atoms with Gasteiger partial charge in [0.1, 0.15) is 11.3 Å². The average molecular weight is 444 g/mol. The maximum Gasteiger partial charge on any atom is 0.335 e. The number of carbonyl (C=O) groups excluding carboxylic acids is 1. The van der Waals surface area contributed by atoms with Crippen LogP contribution in [0.25, 0.3) is 0 Å². The molecule has 10 nitrogen and oxygen atoms in total. The molecule has 0 spiro atoms. The zero-order valence-electron chi connectivity index (χ0n) is 16.9. The van der Waals surface area contributed by atoms with Crippen molar-refractivity contribution in [3.63, 3.8) is 0 Å². The minimum absolute atomic E-state index is 0.00745. The number of carbonyl (C=O) groups is 2. The second kappa shape index (κ2) is 8.11. The molecule has 2 aromatic carbocycles. The number of aromatic hydroxyl groups is 1. The predicted molar refractivity (Wildman–Crippen MR) is 113 cm³/mol. The molecule has 0 radical (unpaired) electrons. The monoisotopic (exact) mass is 444 g/mol. The number of carboxylic acids is 1. The van der Waals surface area contributed by atoms with Crippen molar-refractivity contribution in [2.75, 3.05) is 16.7 Å². The van der Waals surface area contributed by atoms with Gasteiger partial charge in [-0.05, 0) is 37.3 Å². The highest BCUT2D eigenvalue weighted by molar-refractivity contribution is 7.92. The average Bonchev–Trinajstić information content (AvgIpc) is 3.10. The lowest BCUT2D eigenvalue weighted by atomic mass is 10.2. The third-order valence-electron chi connectivity index (χ3n) is 4.62. The van der Waals surface area contributed by atoms with Crippen molar-refractivity contribution in [3.8, 4) is 5.75 Å². The van der Waals surface area contributed by atoms with E-state index in [9.17, 15) is 23.1 Å². The topological polar surface area (TPSA) is 142 Å². The second-order valence-electron chi connectivity index (χ2n) is 6.78. The van der Waals surface area contributed by atoms with Crippen LogP contribution < -0.4 is 9.62 Å². The van der Waals surface area contributed by atoms with Crippen molar-refractivity contribution in [1.82, 2.24) is 9.78 Å². The molecule has 0 bridgehead atoms. The number of aromatic nitrogens is 2. The van der Waals surface area contributed by atoms with Gasteiger partial charge in [-0.1, -0.05) is 17.7 Å². The molecule has 3 aromatic rings. The van der Waals surface area contributed by atoms with Gasteiger partial charge in [0.25, 0.3) is 15.9 Å². The van der Waals surface area contributed by atoms with Crippen LogP contribution in [-0.2, 0) is 17.1 Å². The Kier molecular flexibility index (Phi) is 5.71. The quantitative estimate of drug-likeness (QED) is 0.495. The summed E-state index contributed by atoms with van der Waals surface area (Å²) in [6.45, 7) is 1.83. The van der Waals surface area contributed by atoms with E-state index >= 15 is 0 Å². The summed E-state index contributed by atoms with van der Waals surface area (Å²) in [5.74, 6) is -2.36. The number of rotatable bonds is 6. The van der Waals surface area contributed by atoms with Crippen LogP contribution in [0.15, 0.2) is 53.6 Å². The summed E-state index contributed by atoms with van der Waals surface area (Å²) in [5.41, 5.74) is 0.536. The van der Waals surface area contributed by atoms with E-state index in [2.05, 4.69) is 10.4 Å². The Morgan fingerprint density at radius 3 is 2.39 bits per heavy atom. The Bertz CT molecular complexity index is 1270. The van der Waals surface area contributed by atoms with E-state index in [0.29, 0.717) is 0 Å². The van der Waals surface area contributed by atoms with Gasteiger partial charge in [0.05, 0.1) is 22.3 Å². The van der Waals surface area contributed by atoms with Crippen LogP contribution in [0.2, 0.25) is 0 Å². The molecule has 0 saturated heterocycles. The summed E-state index contributed by atoms with van der Waals surface area (Å²) in [4.78, 5) is 24.0. The Hall–Kier alpha value is -3.86. The van der Waals surface area contributed by atoms with E-state index < -0.39 is 21.9 Å². The van der Waals surface area contributed by atoms with Crippen molar-refractivity contribution in [2.24, 2.45) is 7.05 Å². The lowest BCUT2D eigenvalue weighted by Crippen LogP contribution is -2.30. The van der Waals surface area contributed by atoms with Gasteiger partial charge in [-0.25, -0.2) is 13.2 Å². The van der Waals surface area contributed by atoms with Crippen molar-refractivity contribution >= 4 is 33.4 Å². The van der Waals surface area contributed by atoms with Gasteiger partial charge < -0.3 is 15.5 Å². The minimum Gasteiger partial charge on any atom is -0.506 e. The first kappa shape index (κ1) is 21.8. The molecule has 0 aliphatic heterocycles. The molecule has 1 aromatic heterocycles. The largest absolute Gasteiger partial charge is 0.506 e. The normalized spacial score (nSPS) is 11.2. The molecular formula is C20H20N4O6S.